The monoisotopic (exact) mass is 290 g/mol. The fraction of sp³-hybridized carbons (Fsp3) is 0.467. The Labute approximate surface area is 124 Å². The van der Waals surface area contributed by atoms with Crippen LogP contribution < -0.4 is 5.32 Å². The number of nitrogens with zero attached hydrogens (tertiary/aromatic N) is 3. The van der Waals surface area contributed by atoms with Crippen molar-refractivity contribution in [1.29, 1.82) is 0 Å². The van der Waals surface area contributed by atoms with Crippen LogP contribution in [0.4, 0.5) is 5.82 Å². The van der Waals surface area contributed by atoms with Gasteiger partial charge in [0.15, 0.2) is 11.0 Å². The summed E-state index contributed by atoms with van der Waals surface area (Å²) in [5.74, 6) is 0.850. The highest BCUT2D eigenvalue weighted by Crippen LogP contribution is 2.29. The molecule has 0 saturated carbocycles. The first-order chi connectivity index (χ1) is 9.65. The third-order valence-electron chi connectivity index (χ3n) is 3.93. The normalized spacial score (nSPS) is 20.2. The molecule has 0 radical (unpaired) electrons. The highest BCUT2D eigenvalue weighted by Gasteiger charge is 2.19. The maximum Gasteiger partial charge on any atom is 0.159 e. The van der Waals surface area contributed by atoms with Crippen LogP contribution in [0.3, 0.4) is 0 Å². The molecular weight excluding hydrogens is 272 g/mol. The van der Waals surface area contributed by atoms with Crippen LogP contribution in [0.5, 0.6) is 0 Å². The summed E-state index contributed by atoms with van der Waals surface area (Å²) < 4.78 is 0. The molecule has 1 unspecified atom stereocenters. The van der Waals surface area contributed by atoms with Crippen molar-refractivity contribution in [3.8, 4) is 0 Å². The van der Waals surface area contributed by atoms with Crippen molar-refractivity contribution in [2.24, 2.45) is 0 Å². The van der Waals surface area contributed by atoms with Crippen LogP contribution in [-0.4, -0.2) is 41.3 Å². The zero-order chi connectivity index (χ0) is 14.1. The van der Waals surface area contributed by atoms with Gasteiger partial charge in [-0.25, -0.2) is 0 Å². The lowest BCUT2D eigenvalue weighted by Crippen LogP contribution is -2.40. The zero-order valence-corrected chi connectivity index (χ0v) is 12.6. The number of hydrogen-bond acceptors (Lipinski definition) is 4. The average molecular weight is 291 g/mol. The highest BCUT2D eigenvalue weighted by molar-refractivity contribution is 6.34. The first-order valence-corrected chi connectivity index (χ1v) is 7.39. The van der Waals surface area contributed by atoms with E-state index >= 15 is 0 Å². The van der Waals surface area contributed by atoms with E-state index in [0.717, 1.165) is 23.1 Å². The van der Waals surface area contributed by atoms with Crippen molar-refractivity contribution in [1.82, 2.24) is 15.1 Å². The van der Waals surface area contributed by atoms with Gasteiger partial charge in [-0.2, -0.15) is 0 Å². The van der Waals surface area contributed by atoms with Crippen LogP contribution in [0, 0.1) is 6.92 Å². The van der Waals surface area contributed by atoms with Gasteiger partial charge in [-0.05, 0) is 38.9 Å². The molecule has 3 rings (SSSR count). The van der Waals surface area contributed by atoms with E-state index in [0.29, 0.717) is 11.2 Å². The highest BCUT2D eigenvalue weighted by atomic mass is 35.5. The summed E-state index contributed by atoms with van der Waals surface area (Å²) >= 11 is 6.16. The van der Waals surface area contributed by atoms with Crippen molar-refractivity contribution in [2.45, 2.75) is 25.8 Å². The van der Waals surface area contributed by atoms with Crippen LogP contribution in [0.15, 0.2) is 18.2 Å². The minimum absolute atomic E-state index is 0.423. The summed E-state index contributed by atoms with van der Waals surface area (Å²) in [7, 11) is 2.16. The van der Waals surface area contributed by atoms with Gasteiger partial charge in [0.05, 0.1) is 0 Å². The Morgan fingerprint density at radius 3 is 3.00 bits per heavy atom. The van der Waals surface area contributed by atoms with Crippen molar-refractivity contribution in [2.75, 3.05) is 25.5 Å². The maximum absolute atomic E-state index is 6.16. The summed E-state index contributed by atoms with van der Waals surface area (Å²) in [5, 5.41) is 14.4. The maximum atomic E-state index is 6.16. The Morgan fingerprint density at radius 2 is 2.20 bits per heavy atom. The number of piperidine rings is 1. The summed E-state index contributed by atoms with van der Waals surface area (Å²) in [6.45, 7) is 4.29. The molecule has 1 aliphatic heterocycles. The summed E-state index contributed by atoms with van der Waals surface area (Å²) in [4.78, 5) is 2.35. The number of anilines is 1. The first kappa shape index (κ1) is 13.6. The molecule has 20 heavy (non-hydrogen) atoms. The molecule has 1 fully saturated rings. The van der Waals surface area contributed by atoms with Crippen LogP contribution in [0.25, 0.3) is 10.8 Å². The van der Waals surface area contributed by atoms with Crippen molar-refractivity contribution >= 4 is 28.2 Å². The fourth-order valence-corrected chi connectivity index (χ4v) is 3.13. The van der Waals surface area contributed by atoms with Crippen LogP contribution in [0.1, 0.15) is 18.4 Å². The summed E-state index contributed by atoms with van der Waals surface area (Å²) in [6.07, 6.45) is 2.38. The summed E-state index contributed by atoms with van der Waals surface area (Å²) in [6, 6.07) is 6.51. The van der Waals surface area contributed by atoms with Crippen LogP contribution >= 0.6 is 11.6 Å². The molecule has 1 aliphatic rings. The van der Waals surface area contributed by atoms with Gasteiger partial charge in [0.2, 0.25) is 0 Å². The minimum atomic E-state index is 0.423. The molecule has 2 aromatic rings. The topological polar surface area (TPSA) is 41.1 Å². The molecule has 1 aromatic carbocycles. The van der Waals surface area contributed by atoms with E-state index in [1.807, 2.05) is 12.1 Å². The number of aromatic nitrogens is 2. The second-order valence-electron chi connectivity index (χ2n) is 5.58. The molecule has 5 heteroatoms. The first-order valence-electron chi connectivity index (χ1n) is 7.02. The number of likely N-dealkylation sites (tertiary alicyclic amines) is 1. The van der Waals surface area contributed by atoms with E-state index in [4.69, 9.17) is 11.6 Å². The van der Waals surface area contributed by atoms with Gasteiger partial charge in [-0.1, -0.05) is 29.8 Å². The van der Waals surface area contributed by atoms with Gasteiger partial charge in [-0.15, -0.1) is 10.2 Å². The lowest BCUT2D eigenvalue weighted by atomic mass is 10.0. The molecule has 0 aliphatic carbocycles. The number of aryl methyl sites for hydroxylation is 1. The molecule has 0 amide bonds. The second kappa shape index (κ2) is 5.54. The van der Waals surface area contributed by atoms with Crippen LogP contribution in [-0.2, 0) is 0 Å². The number of hydrogen-bond donors (Lipinski definition) is 1. The number of fused-ring (bicyclic) bond motifs is 1. The van der Waals surface area contributed by atoms with E-state index in [9.17, 15) is 0 Å². The molecular formula is C15H19ClN4. The Morgan fingerprint density at radius 1 is 1.35 bits per heavy atom. The number of nitrogens with one attached hydrogen (secondary N) is 1. The fourth-order valence-electron chi connectivity index (χ4n) is 2.93. The number of benzene rings is 1. The molecule has 1 N–H and O–H groups in total. The van der Waals surface area contributed by atoms with Crippen molar-refractivity contribution < 1.29 is 0 Å². The van der Waals surface area contributed by atoms with Gasteiger partial charge < -0.3 is 10.2 Å². The predicted octanol–water partition coefficient (Wildman–Crippen LogP) is 3.10. The molecule has 106 valence electrons. The van der Waals surface area contributed by atoms with E-state index < -0.39 is 0 Å². The van der Waals surface area contributed by atoms with Crippen LogP contribution in [0.2, 0.25) is 5.15 Å². The smallest absolute Gasteiger partial charge is 0.159 e. The Bertz CT molecular complexity index is 629. The van der Waals surface area contributed by atoms with Gasteiger partial charge in [0, 0.05) is 23.4 Å². The van der Waals surface area contributed by atoms with E-state index in [2.05, 4.69) is 40.5 Å². The standard InChI is InChI=1S/C15H19ClN4/c1-10-5-3-7-12-13(10)15(19-18-14(12)16)17-11-6-4-8-20(2)9-11/h3,5,7,11H,4,6,8-9H2,1-2H3,(H,17,19). The Kier molecular flexibility index (Phi) is 3.76. The minimum Gasteiger partial charge on any atom is -0.364 e. The lowest BCUT2D eigenvalue weighted by Gasteiger charge is -2.30. The van der Waals surface area contributed by atoms with Gasteiger partial charge >= 0.3 is 0 Å². The van der Waals surface area contributed by atoms with E-state index in [-0.39, 0.29) is 0 Å². The molecule has 0 bridgehead atoms. The molecule has 1 atom stereocenters. The number of halogens is 1. The second-order valence-corrected chi connectivity index (χ2v) is 5.94. The molecule has 4 nitrogen and oxygen atoms in total. The summed E-state index contributed by atoms with van der Waals surface area (Å²) in [5.41, 5.74) is 1.17. The number of likely N-dealkylation sites (N-methyl/N-ethyl adjacent to an activating group) is 1. The lowest BCUT2D eigenvalue weighted by molar-refractivity contribution is 0.261. The third kappa shape index (κ3) is 2.58. The average Bonchev–Trinajstić information content (AvgIpc) is 2.42. The predicted molar refractivity (Wildman–Crippen MR) is 83.4 cm³/mol. The zero-order valence-electron chi connectivity index (χ0n) is 11.9. The Hall–Kier alpha value is -1.39. The molecule has 2 heterocycles. The molecule has 0 spiro atoms. The quantitative estimate of drug-likeness (QED) is 0.923. The van der Waals surface area contributed by atoms with E-state index in [1.165, 1.54) is 24.9 Å². The van der Waals surface area contributed by atoms with Crippen molar-refractivity contribution in [3.63, 3.8) is 0 Å². The van der Waals surface area contributed by atoms with Gasteiger partial charge in [-0.3, -0.25) is 0 Å². The van der Waals surface area contributed by atoms with Gasteiger partial charge in [0.25, 0.3) is 0 Å². The van der Waals surface area contributed by atoms with E-state index in [1.54, 1.807) is 0 Å². The number of rotatable bonds is 2. The Balaban J connectivity index is 1.97. The van der Waals surface area contributed by atoms with Gasteiger partial charge in [0.1, 0.15) is 0 Å². The largest absolute Gasteiger partial charge is 0.364 e. The molecule has 1 saturated heterocycles. The third-order valence-corrected chi connectivity index (χ3v) is 4.21. The van der Waals surface area contributed by atoms with Crippen molar-refractivity contribution in [3.05, 3.63) is 28.9 Å². The molecule has 1 aromatic heterocycles. The SMILES string of the molecule is Cc1cccc2c(Cl)nnc(NC3CCCN(C)C3)c12.